The van der Waals surface area contributed by atoms with E-state index in [0.29, 0.717) is 10.5 Å². The summed E-state index contributed by atoms with van der Waals surface area (Å²) in [5, 5.41) is 1.91. The molecule has 140 valence electrons. The van der Waals surface area contributed by atoms with Crippen molar-refractivity contribution < 1.29 is 14.3 Å². The number of nitrogens with zero attached hydrogens (tertiary/aromatic N) is 1. The van der Waals surface area contributed by atoms with Crippen molar-refractivity contribution in [3.8, 4) is 5.75 Å². The van der Waals surface area contributed by atoms with Gasteiger partial charge in [-0.2, -0.15) is 0 Å². The summed E-state index contributed by atoms with van der Waals surface area (Å²) in [6.07, 6.45) is 0. The number of benzene rings is 2. The molecule has 0 atom stereocenters. The third kappa shape index (κ3) is 3.61. The molecule has 0 saturated heterocycles. The minimum absolute atomic E-state index is 0.232. The van der Waals surface area contributed by atoms with E-state index in [0.717, 1.165) is 21.1 Å². The molecule has 0 radical (unpaired) electrons. The summed E-state index contributed by atoms with van der Waals surface area (Å²) in [5.41, 5.74) is 1.36. The number of imide groups is 1. The van der Waals surface area contributed by atoms with E-state index >= 15 is 0 Å². The van der Waals surface area contributed by atoms with E-state index in [1.54, 1.807) is 7.11 Å². The highest BCUT2D eigenvalue weighted by molar-refractivity contribution is 8.04. The first-order valence-corrected chi connectivity index (χ1v) is 10.4. The fourth-order valence-electron chi connectivity index (χ4n) is 2.95. The molecule has 2 heterocycles. The van der Waals surface area contributed by atoms with Gasteiger partial charge in [-0.1, -0.05) is 48.2 Å². The van der Waals surface area contributed by atoms with Crippen LogP contribution >= 0.6 is 23.1 Å². The molecule has 1 aliphatic rings. The summed E-state index contributed by atoms with van der Waals surface area (Å²) in [5.74, 6) is 0.236. The number of carbonyl (C=O) groups is 2. The van der Waals surface area contributed by atoms with E-state index in [2.05, 4.69) is 0 Å². The topological polar surface area (TPSA) is 46.6 Å². The largest absolute Gasteiger partial charge is 0.497 e. The summed E-state index contributed by atoms with van der Waals surface area (Å²) >= 11 is 2.81. The molecule has 0 unspecified atom stereocenters. The SMILES string of the molecule is COc1ccc(CN2C(=O)C(Sc3ccccc3)=C(c3cccs3)C2=O)cc1. The van der Waals surface area contributed by atoms with E-state index in [4.69, 9.17) is 4.74 Å². The normalized spacial score (nSPS) is 14.1. The molecule has 0 fully saturated rings. The van der Waals surface area contributed by atoms with Crippen LogP contribution in [-0.4, -0.2) is 23.8 Å². The van der Waals surface area contributed by atoms with Crippen molar-refractivity contribution in [2.75, 3.05) is 7.11 Å². The van der Waals surface area contributed by atoms with Gasteiger partial charge < -0.3 is 4.74 Å². The lowest BCUT2D eigenvalue weighted by Crippen LogP contribution is -2.30. The third-order valence-electron chi connectivity index (χ3n) is 4.36. The van der Waals surface area contributed by atoms with Crippen molar-refractivity contribution in [2.45, 2.75) is 11.4 Å². The van der Waals surface area contributed by atoms with Gasteiger partial charge in [-0.3, -0.25) is 14.5 Å². The fourth-order valence-corrected chi connectivity index (χ4v) is 4.81. The predicted molar refractivity (Wildman–Crippen MR) is 112 cm³/mol. The fraction of sp³-hybridized carbons (Fsp3) is 0.0909. The lowest BCUT2D eigenvalue weighted by molar-refractivity contribution is -0.137. The van der Waals surface area contributed by atoms with Crippen LogP contribution in [0.3, 0.4) is 0 Å². The number of hydrogen-bond acceptors (Lipinski definition) is 5. The summed E-state index contributed by atoms with van der Waals surface area (Å²) < 4.78 is 5.17. The van der Waals surface area contributed by atoms with Gasteiger partial charge in [0.25, 0.3) is 11.8 Å². The van der Waals surface area contributed by atoms with Crippen LogP contribution in [0.1, 0.15) is 10.4 Å². The van der Waals surface area contributed by atoms with Crippen LogP contribution in [0.25, 0.3) is 5.57 Å². The first-order valence-electron chi connectivity index (χ1n) is 8.67. The zero-order valence-corrected chi connectivity index (χ0v) is 16.8. The van der Waals surface area contributed by atoms with Gasteiger partial charge in [0.1, 0.15) is 5.75 Å². The zero-order valence-electron chi connectivity index (χ0n) is 15.1. The Morgan fingerprint density at radius 2 is 1.68 bits per heavy atom. The Morgan fingerprint density at radius 3 is 2.32 bits per heavy atom. The Morgan fingerprint density at radius 1 is 0.929 bits per heavy atom. The van der Waals surface area contributed by atoms with Crippen molar-refractivity contribution in [2.24, 2.45) is 0 Å². The molecule has 28 heavy (non-hydrogen) atoms. The molecule has 1 aliphatic heterocycles. The van der Waals surface area contributed by atoms with Crippen molar-refractivity contribution in [1.29, 1.82) is 0 Å². The maximum Gasteiger partial charge on any atom is 0.268 e. The van der Waals surface area contributed by atoms with Gasteiger partial charge >= 0.3 is 0 Å². The van der Waals surface area contributed by atoms with Crippen LogP contribution in [0.2, 0.25) is 0 Å². The number of methoxy groups -OCH3 is 1. The molecule has 0 aliphatic carbocycles. The maximum absolute atomic E-state index is 13.2. The second-order valence-corrected chi connectivity index (χ2v) is 8.17. The molecule has 0 saturated carbocycles. The molecular weight excluding hydrogens is 390 g/mol. The number of ether oxygens (including phenoxy) is 1. The van der Waals surface area contributed by atoms with E-state index in [1.807, 2.05) is 72.1 Å². The maximum atomic E-state index is 13.2. The highest BCUT2D eigenvalue weighted by Gasteiger charge is 2.39. The Hall–Kier alpha value is -2.83. The van der Waals surface area contributed by atoms with E-state index in [9.17, 15) is 9.59 Å². The highest BCUT2D eigenvalue weighted by atomic mass is 32.2. The number of thiophene rings is 1. The summed E-state index contributed by atoms with van der Waals surface area (Å²) in [4.78, 5) is 29.9. The lowest BCUT2D eigenvalue weighted by Gasteiger charge is -2.15. The van der Waals surface area contributed by atoms with Gasteiger partial charge in [0.05, 0.1) is 24.1 Å². The van der Waals surface area contributed by atoms with Crippen LogP contribution < -0.4 is 4.74 Å². The first kappa shape index (κ1) is 18.5. The molecule has 0 spiro atoms. The molecule has 2 aromatic carbocycles. The van der Waals surface area contributed by atoms with E-state index < -0.39 is 0 Å². The van der Waals surface area contributed by atoms with Crippen molar-refractivity contribution in [3.63, 3.8) is 0 Å². The van der Waals surface area contributed by atoms with Crippen molar-refractivity contribution >= 4 is 40.5 Å². The Bertz CT molecular complexity index is 1030. The quantitative estimate of drug-likeness (QED) is 0.549. The molecule has 0 bridgehead atoms. The minimum atomic E-state index is -0.252. The second kappa shape index (κ2) is 8.04. The Labute approximate surface area is 171 Å². The second-order valence-electron chi connectivity index (χ2n) is 6.14. The summed E-state index contributed by atoms with van der Waals surface area (Å²) in [6, 6.07) is 20.8. The Balaban J connectivity index is 1.66. The van der Waals surface area contributed by atoms with Gasteiger partial charge in [-0.25, -0.2) is 0 Å². The molecule has 4 nitrogen and oxygen atoms in total. The first-order chi connectivity index (χ1) is 13.7. The zero-order chi connectivity index (χ0) is 19.5. The highest BCUT2D eigenvalue weighted by Crippen LogP contribution is 2.41. The molecule has 6 heteroatoms. The molecule has 0 N–H and O–H groups in total. The average molecular weight is 408 g/mol. The number of carbonyl (C=O) groups excluding carboxylic acids is 2. The van der Waals surface area contributed by atoms with Crippen molar-refractivity contribution in [1.82, 2.24) is 4.90 Å². The standard InChI is InChI=1S/C22H17NO3S2/c1-26-16-11-9-15(10-12-16)14-23-21(24)19(18-8-5-13-27-18)20(22(23)25)28-17-6-3-2-4-7-17/h2-13H,14H2,1H3. The van der Waals surface area contributed by atoms with Gasteiger partial charge in [-0.05, 0) is 41.3 Å². The Kier molecular flexibility index (Phi) is 5.32. The third-order valence-corrected chi connectivity index (χ3v) is 6.33. The van der Waals surface area contributed by atoms with Crippen LogP contribution in [0, 0.1) is 0 Å². The molecule has 1 aromatic heterocycles. The van der Waals surface area contributed by atoms with Gasteiger partial charge in [0.15, 0.2) is 0 Å². The molecule has 2 amide bonds. The predicted octanol–water partition coefficient (Wildman–Crippen LogP) is 4.83. The average Bonchev–Trinajstić information content (AvgIpc) is 3.33. The number of thioether (sulfide) groups is 1. The number of rotatable bonds is 6. The number of amides is 2. The lowest BCUT2D eigenvalue weighted by atomic mass is 10.2. The van der Waals surface area contributed by atoms with E-state index in [1.165, 1.54) is 28.0 Å². The van der Waals surface area contributed by atoms with Crippen LogP contribution in [-0.2, 0) is 16.1 Å². The van der Waals surface area contributed by atoms with Gasteiger partial charge in [0, 0.05) is 9.77 Å². The minimum Gasteiger partial charge on any atom is -0.497 e. The summed E-state index contributed by atoms with van der Waals surface area (Å²) in [7, 11) is 1.60. The molecule has 4 rings (SSSR count). The van der Waals surface area contributed by atoms with E-state index in [-0.39, 0.29) is 18.4 Å². The monoisotopic (exact) mass is 407 g/mol. The van der Waals surface area contributed by atoms with Crippen molar-refractivity contribution in [3.05, 3.63) is 87.5 Å². The molecule has 3 aromatic rings. The van der Waals surface area contributed by atoms with Crippen LogP contribution in [0.15, 0.2) is 81.9 Å². The van der Waals surface area contributed by atoms with Crippen LogP contribution in [0.4, 0.5) is 0 Å². The van der Waals surface area contributed by atoms with Gasteiger partial charge in [0.2, 0.25) is 0 Å². The van der Waals surface area contributed by atoms with Crippen LogP contribution in [0.5, 0.6) is 5.75 Å². The van der Waals surface area contributed by atoms with Gasteiger partial charge in [-0.15, -0.1) is 11.3 Å². The number of hydrogen-bond donors (Lipinski definition) is 0. The summed E-state index contributed by atoms with van der Waals surface area (Å²) in [6.45, 7) is 0.232. The smallest absolute Gasteiger partial charge is 0.268 e. The molecular formula is C22H17NO3S2.